The van der Waals surface area contributed by atoms with Crippen molar-refractivity contribution in [3.8, 4) is 0 Å². The molecule has 0 spiro atoms. The SMILES string of the molecule is CCC(C)(CC(c1ccc(C(C)(C)C)cc1)C(C)(I)CN)C(C)(CC)C(CO)CC(C)(C)I. The molecule has 2 nitrogen and oxygen atoms in total. The van der Waals surface area contributed by atoms with Gasteiger partial charge in [-0.1, -0.05) is 138 Å². The summed E-state index contributed by atoms with van der Waals surface area (Å²) in [7, 11) is 0. The van der Waals surface area contributed by atoms with Gasteiger partial charge in [-0.2, -0.15) is 0 Å². The fourth-order valence-corrected chi connectivity index (χ4v) is 6.66. The molecular weight excluding hydrogens is 632 g/mol. The number of rotatable bonds is 12. The van der Waals surface area contributed by atoms with Gasteiger partial charge in [0.2, 0.25) is 0 Å². The van der Waals surface area contributed by atoms with Crippen LogP contribution in [-0.2, 0) is 5.41 Å². The van der Waals surface area contributed by atoms with Crippen molar-refractivity contribution >= 4 is 45.2 Å². The van der Waals surface area contributed by atoms with Crippen LogP contribution in [0.15, 0.2) is 24.3 Å². The van der Waals surface area contributed by atoms with Crippen LogP contribution in [0.2, 0.25) is 0 Å². The monoisotopic (exact) mass is 683 g/mol. The lowest BCUT2D eigenvalue weighted by atomic mass is 9.52. The molecule has 0 aromatic heterocycles. The van der Waals surface area contributed by atoms with Gasteiger partial charge >= 0.3 is 0 Å². The molecule has 4 heteroatoms. The molecule has 0 bridgehead atoms. The van der Waals surface area contributed by atoms with E-state index in [1.165, 1.54) is 11.1 Å². The van der Waals surface area contributed by atoms with Crippen LogP contribution in [0.25, 0.3) is 0 Å². The van der Waals surface area contributed by atoms with Gasteiger partial charge in [0.05, 0.1) is 0 Å². The Bertz CT molecular complexity index is 731. The largest absolute Gasteiger partial charge is 0.396 e. The van der Waals surface area contributed by atoms with Crippen LogP contribution >= 0.6 is 45.2 Å². The third kappa shape index (κ3) is 7.79. The lowest BCUT2D eigenvalue weighted by Gasteiger charge is -2.54. The van der Waals surface area contributed by atoms with Crippen LogP contribution in [0.5, 0.6) is 0 Å². The number of benzene rings is 1. The van der Waals surface area contributed by atoms with Gasteiger partial charge in [-0.25, -0.2) is 0 Å². The minimum Gasteiger partial charge on any atom is -0.396 e. The smallest absolute Gasteiger partial charge is 0.0465 e. The molecule has 5 unspecified atom stereocenters. The molecule has 3 N–H and O–H groups in total. The maximum absolute atomic E-state index is 10.6. The van der Waals surface area contributed by atoms with Crippen molar-refractivity contribution in [3.63, 3.8) is 0 Å². The van der Waals surface area contributed by atoms with Gasteiger partial charge in [-0.15, -0.1) is 0 Å². The molecule has 0 aliphatic carbocycles. The predicted molar refractivity (Wildman–Crippen MR) is 164 cm³/mol. The average molecular weight is 684 g/mol. The molecule has 1 rings (SSSR count). The van der Waals surface area contributed by atoms with Crippen molar-refractivity contribution in [2.24, 2.45) is 22.5 Å². The van der Waals surface area contributed by atoms with Crippen molar-refractivity contribution < 1.29 is 5.11 Å². The summed E-state index contributed by atoms with van der Waals surface area (Å²) < 4.78 is 0.122. The van der Waals surface area contributed by atoms with Crippen molar-refractivity contribution in [2.45, 2.75) is 113 Å². The molecular formula is C29H51I2NO. The maximum atomic E-state index is 10.6. The normalized spacial score (nSPS) is 20.4. The fourth-order valence-electron chi connectivity index (χ4n) is 5.55. The highest BCUT2D eigenvalue weighted by molar-refractivity contribution is 14.1. The number of hydrogen-bond donors (Lipinski definition) is 2. The van der Waals surface area contributed by atoms with Crippen LogP contribution in [-0.4, -0.2) is 25.1 Å². The quantitative estimate of drug-likeness (QED) is 0.171. The van der Waals surface area contributed by atoms with E-state index in [0.29, 0.717) is 12.5 Å². The Labute approximate surface area is 232 Å². The topological polar surface area (TPSA) is 46.2 Å². The third-order valence-electron chi connectivity index (χ3n) is 8.71. The van der Waals surface area contributed by atoms with Gasteiger partial charge in [0.15, 0.2) is 0 Å². The summed E-state index contributed by atoms with van der Waals surface area (Å²) in [5.74, 6) is 0.613. The van der Waals surface area contributed by atoms with Crippen LogP contribution < -0.4 is 5.73 Å². The molecule has 0 aliphatic heterocycles. The Morgan fingerprint density at radius 1 is 0.848 bits per heavy atom. The van der Waals surface area contributed by atoms with E-state index in [9.17, 15) is 5.11 Å². The molecule has 5 atom stereocenters. The van der Waals surface area contributed by atoms with Crippen molar-refractivity contribution in [2.75, 3.05) is 13.2 Å². The first-order chi connectivity index (χ1) is 14.9. The minimum atomic E-state index is -0.0384. The summed E-state index contributed by atoms with van der Waals surface area (Å²) in [6.07, 6.45) is 4.24. The van der Waals surface area contributed by atoms with E-state index in [2.05, 4.69) is 139 Å². The van der Waals surface area contributed by atoms with Crippen molar-refractivity contribution in [3.05, 3.63) is 35.4 Å². The molecule has 1 aromatic carbocycles. The standard InChI is InChI=1S/C29H51I2NO/c1-11-27(8,28(9,12-2)23(19-33)17-26(6,7)30)18-24(29(10,31)20-32)21-13-15-22(16-14-21)25(3,4)5/h13-16,23-24,33H,11-12,17-20,32H2,1-10H3. The second-order valence-electron chi connectivity index (χ2n) is 12.6. The summed E-state index contributed by atoms with van der Waals surface area (Å²) in [6, 6.07) is 9.30. The summed E-state index contributed by atoms with van der Waals surface area (Å²) in [4.78, 5) is 0. The summed E-state index contributed by atoms with van der Waals surface area (Å²) in [6.45, 7) is 24.1. The van der Waals surface area contributed by atoms with E-state index in [1.54, 1.807) is 0 Å². The highest BCUT2D eigenvalue weighted by Gasteiger charge is 2.50. The average Bonchev–Trinajstić information content (AvgIpc) is 2.73. The van der Waals surface area contributed by atoms with E-state index in [-0.39, 0.29) is 35.6 Å². The Morgan fingerprint density at radius 3 is 1.70 bits per heavy atom. The van der Waals surface area contributed by atoms with E-state index < -0.39 is 0 Å². The van der Waals surface area contributed by atoms with Crippen LogP contribution in [0.4, 0.5) is 0 Å². The Morgan fingerprint density at radius 2 is 1.36 bits per heavy atom. The fraction of sp³-hybridized carbons (Fsp3) is 0.793. The van der Waals surface area contributed by atoms with Gasteiger partial charge in [0.1, 0.15) is 0 Å². The first-order valence-corrected chi connectivity index (χ1v) is 14.9. The second kappa shape index (κ2) is 11.8. The number of aliphatic hydroxyl groups is 1. The molecule has 0 fully saturated rings. The van der Waals surface area contributed by atoms with Crippen LogP contribution in [0, 0.1) is 16.7 Å². The Kier molecular flexibility index (Phi) is 11.3. The zero-order valence-electron chi connectivity index (χ0n) is 23.0. The van der Waals surface area contributed by atoms with Crippen molar-refractivity contribution in [1.29, 1.82) is 0 Å². The van der Waals surface area contributed by atoms with Crippen molar-refractivity contribution in [1.82, 2.24) is 0 Å². The van der Waals surface area contributed by atoms with Gasteiger partial charge in [0.25, 0.3) is 0 Å². The lowest BCUT2D eigenvalue weighted by Crippen LogP contribution is -2.48. The number of hydrogen-bond acceptors (Lipinski definition) is 2. The molecule has 0 amide bonds. The molecule has 0 saturated carbocycles. The van der Waals surface area contributed by atoms with Crippen LogP contribution in [0.1, 0.15) is 112 Å². The Balaban J connectivity index is 3.53. The van der Waals surface area contributed by atoms with Gasteiger partial charge in [0, 0.05) is 20.0 Å². The number of alkyl halides is 2. The molecule has 1 aromatic rings. The lowest BCUT2D eigenvalue weighted by molar-refractivity contribution is -0.0433. The zero-order valence-corrected chi connectivity index (χ0v) is 27.3. The predicted octanol–water partition coefficient (Wildman–Crippen LogP) is 8.66. The molecule has 0 aliphatic rings. The first-order valence-electron chi connectivity index (χ1n) is 12.7. The molecule has 33 heavy (non-hydrogen) atoms. The number of aliphatic hydroxyl groups excluding tert-OH is 1. The second-order valence-corrected chi connectivity index (χ2v) is 18.0. The van der Waals surface area contributed by atoms with E-state index in [1.807, 2.05) is 0 Å². The Hall–Kier alpha value is 0.600. The number of nitrogens with two attached hydrogens (primary N) is 1. The maximum Gasteiger partial charge on any atom is 0.0465 e. The molecule has 192 valence electrons. The summed E-state index contributed by atoms with van der Waals surface area (Å²) >= 11 is 5.15. The van der Waals surface area contributed by atoms with E-state index in [0.717, 1.165) is 25.7 Å². The van der Waals surface area contributed by atoms with E-state index >= 15 is 0 Å². The first kappa shape index (κ1) is 31.6. The number of halogens is 2. The highest BCUT2D eigenvalue weighted by Crippen LogP contribution is 2.58. The minimum absolute atomic E-state index is 0.0316. The van der Waals surface area contributed by atoms with Crippen LogP contribution in [0.3, 0.4) is 0 Å². The zero-order chi connectivity index (χ0) is 25.9. The van der Waals surface area contributed by atoms with Gasteiger partial charge in [-0.05, 0) is 65.4 Å². The third-order valence-corrected chi connectivity index (χ3v) is 10.3. The summed E-state index contributed by atoms with van der Waals surface area (Å²) in [5.41, 5.74) is 9.38. The van der Waals surface area contributed by atoms with Gasteiger partial charge < -0.3 is 10.8 Å². The molecule has 0 heterocycles. The van der Waals surface area contributed by atoms with E-state index in [4.69, 9.17) is 5.73 Å². The highest BCUT2D eigenvalue weighted by atomic mass is 127. The molecule has 0 saturated heterocycles. The molecule has 0 radical (unpaired) electrons. The van der Waals surface area contributed by atoms with Gasteiger partial charge in [-0.3, -0.25) is 0 Å². The summed E-state index contributed by atoms with van der Waals surface area (Å²) in [5, 5.41) is 10.6.